The van der Waals surface area contributed by atoms with Crippen molar-refractivity contribution in [1.29, 1.82) is 0 Å². The smallest absolute Gasteiger partial charge is 0.170 e. The molecule has 1 aliphatic rings. The van der Waals surface area contributed by atoms with Gasteiger partial charge in [0.05, 0.1) is 16.7 Å². The lowest BCUT2D eigenvalue weighted by molar-refractivity contribution is 0.665. The average Bonchev–Trinajstić information content (AvgIpc) is 3.76. The molecule has 2 aromatic heterocycles. The fraction of sp³-hybridized carbons (Fsp3) is 0.0213. The molecule has 244 valence electrons. The van der Waals surface area contributed by atoms with Crippen LogP contribution >= 0.6 is 0 Å². The first-order valence-electron chi connectivity index (χ1n) is 17.6. The van der Waals surface area contributed by atoms with E-state index in [1.165, 1.54) is 21.5 Å². The van der Waals surface area contributed by atoms with Gasteiger partial charge in [0.2, 0.25) is 0 Å². The normalized spacial score (nSPS) is 13.7. The van der Waals surface area contributed by atoms with Crippen LogP contribution in [0.4, 0.5) is 0 Å². The summed E-state index contributed by atoms with van der Waals surface area (Å²) in [5.74, 6) is 1.56. The van der Waals surface area contributed by atoms with E-state index < -0.39 is 6.17 Å². The Balaban J connectivity index is 1.13. The van der Waals surface area contributed by atoms with Crippen molar-refractivity contribution in [2.24, 2.45) is 9.98 Å². The number of amidine groups is 2. The second-order valence-electron chi connectivity index (χ2n) is 13.4. The summed E-state index contributed by atoms with van der Waals surface area (Å²) in [6, 6.07) is 59.7. The monoisotopic (exact) mass is 666 g/mol. The number of benzene rings is 8. The first-order valence-corrected chi connectivity index (χ1v) is 17.6. The molecule has 3 heterocycles. The maximum absolute atomic E-state index is 6.82. The highest BCUT2D eigenvalue weighted by Gasteiger charge is 2.25. The number of nitrogens with one attached hydrogen (secondary N) is 1. The van der Waals surface area contributed by atoms with Gasteiger partial charge in [0.1, 0.15) is 17.3 Å². The molecule has 0 spiro atoms. The highest BCUT2D eigenvalue weighted by Crippen LogP contribution is 2.41. The van der Waals surface area contributed by atoms with Gasteiger partial charge in [-0.1, -0.05) is 133 Å². The molecule has 52 heavy (non-hydrogen) atoms. The summed E-state index contributed by atoms with van der Waals surface area (Å²) >= 11 is 0. The van der Waals surface area contributed by atoms with Gasteiger partial charge in [0.25, 0.3) is 0 Å². The van der Waals surface area contributed by atoms with E-state index in [0.717, 1.165) is 77.8 Å². The van der Waals surface area contributed by atoms with E-state index in [1.54, 1.807) is 0 Å². The van der Waals surface area contributed by atoms with Crippen LogP contribution in [0.5, 0.6) is 0 Å². The summed E-state index contributed by atoms with van der Waals surface area (Å²) in [5, 5.41) is 12.8. The third-order valence-electron chi connectivity index (χ3n) is 10.4. The van der Waals surface area contributed by atoms with E-state index in [9.17, 15) is 0 Å². The third kappa shape index (κ3) is 4.42. The molecule has 0 amide bonds. The maximum atomic E-state index is 6.82. The fourth-order valence-electron chi connectivity index (χ4n) is 7.99. The summed E-state index contributed by atoms with van der Waals surface area (Å²) < 4.78 is 9.15. The predicted octanol–water partition coefficient (Wildman–Crippen LogP) is 11.5. The molecule has 0 fully saturated rings. The molecule has 5 heteroatoms. The van der Waals surface area contributed by atoms with Gasteiger partial charge >= 0.3 is 0 Å². The van der Waals surface area contributed by atoms with Crippen molar-refractivity contribution in [1.82, 2.24) is 9.88 Å². The Bertz CT molecular complexity index is 2980. The molecule has 0 radical (unpaired) electrons. The number of rotatable bonds is 4. The molecule has 5 nitrogen and oxygen atoms in total. The standard InChI is InChI=1S/C47H30N4O/c1-3-13-31-27-33(25-23-29(31)11-1)45-48-46(34-26-24-30-12-2-4-14-32(30)28-34)50-47(49-45)38-18-10-22-42-43(38)37-17-9-21-41(44(37)52-42)51-39-19-7-5-15-35(39)36-16-6-8-20-40(36)51/h1-28,47H,(H,48,49,50). The number of para-hydroxylation sites is 3. The van der Waals surface area contributed by atoms with Gasteiger partial charge in [-0.2, -0.15) is 0 Å². The van der Waals surface area contributed by atoms with Crippen molar-refractivity contribution in [3.05, 3.63) is 187 Å². The molecule has 0 saturated carbocycles. The molecule has 10 aromatic rings. The first kappa shape index (κ1) is 28.8. The van der Waals surface area contributed by atoms with Crippen LogP contribution in [0.1, 0.15) is 22.9 Å². The van der Waals surface area contributed by atoms with Gasteiger partial charge in [-0.25, -0.2) is 9.98 Å². The van der Waals surface area contributed by atoms with Gasteiger partial charge < -0.3 is 14.3 Å². The molecular formula is C47H30N4O. The summed E-state index contributed by atoms with van der Waals surface area (Å²) in [7, 11) is 0. The molecular weight excluding hydrogens is 637 g/mol. The molecule has 8 aromatic carbocycles. The Labute approximate surface area is 298 Å². The zero-order valence-electron chi connectivity index (χ0n) is 28.0. The van der Waals surface area contributed by atoms with Crippen LogP contribution in [0.15, 0.2) is 184 Å². The van der Waals surface area contributed by atoms with Crippen molar-refractivity contribution in [3.8, 4) is 5.69 Å². The number of aliphatic imine (C=N–C) groups is 2. The lowest BCUT2D eigenvalue weighted by Crippen LogP contribution is -2.36. The minimum atomic E-state index is -0.509. The van der Waals surface area contributed by atoms with Crippen LogP contribution in [0.25, 0.3) is 71.0 Å². The van der Waals surface area contributed by atoms with E-state index in [2.05, 4.69) is 180 Å². The Kier molecular flexibility index (Phi) is 6.25. The van der Waals surface area contributed by atoms with Crippen molar-refractivity contribution in [2.45, 2.75) is 6.17 Å². The van der Waals surface area contributed by atoms with Gasteiger partial charge in [-0.05, 0) is 57.9 Å². The van der Waals surface area contributed by atoms with E-state index >= 15 is 0 Å². The van der Waals surface area contributed by atoms with E-state index in [-0.39, 0.29) is 0 Å². The zero-order chi connectivity index (χ0) is 34.2. The summed E-state index contributed by atoms with van der Waals surface area (Å²) in [6.07, 6.45) is -0.509. The van der Waals surface area contributed by atoms with Crippen LogP contribution in [-0.4, -0.2) is 16.2 Å². The van der Waals surface area contributed by atoms with Gasteiger partial charge in [0.15, 0.2) is 11.7 Å². The number of furan rings is 1. The van der Waals surface area contributed by atoms with Crippen molar-refractivity contribution in [2.75, 3.05) is 0 Å². The molecule has 0 atom stereocenters. The molecule has 0 unspecified atom stereocenters. The molecule has 11 rings (SSSR count). The van der Waals surface area contributed by atoms with Crippen molar-refractivity contribution in [3.63, 3.8) is 0 Å². The summed E-state index contributed by atoms with van der Waals surface area (Å²) in [6.45, 7) is 0. The molecule has 0 bridgehead atoms. The Morgan fingerprint density at radius 2 is 1.02 bits per heavy atom. The molecule has 1 N–H and O–H groups in total. The fourth-order valence-corrected chi connectivity index (χ4v) is 7.99. The number of hydrogen-bond acceptors (Lipinski definition) is 4. The van der Waals surface area contributed by atoms with Crippen LogP contribution in [-0.2, 0) is 0 Å². The van der Waals surface area contributed by atoms with Crippen molar-refractivity contribution < 1.29 is 4.42 Å². The molecule has 0 aliphatic carbocycles. The number of fused-ring (bicyclic) bond motifs is 8. The van der Waals surface area contributed by atoms with Gasteiger partial charge in [0, 0.05) is 38.2 Å². The van der Waals surface area contributed by atoms with Crippen molar-refractivity contribution >= 4 is 77.0 Å². The maximum Gasteiger partial charge on any atom is 0.170 e. The van der Waals surface area contributed by atoms with E-state index in [1.807, 2.05) is 0 Å². The SMILES string of the molecule is c1ccc2cc(C3=NC(c4cccc5oc6c(-n7c8ccccc8c8ccccc87)cccc6c45)N=C(c4ccc5ccccc5c4)N3)ccc2c1. The minimum absolute atomic E-state index is 0.509. The second kappa shape index (κ2) is 11.3. The lowest BCUT2D eigenvalue weighted by Gasteiger charge is -2.23. The first-order chi connectivity index (χ1) is 25.8. The highest BCUT2D eigenvalue weighted by molar-refractivity contribution is 6.18. The third-order valence-corrected chi connectivity index (χ3v) is 10.4. The van der Waals surface area contributed by atoms with E-state index in [4.69, 9.17) is 14.4 Å². The summed E-state index contributed by atoms with van der Waals surface area (Å²) in [5.41, 5.74) is 7.95. The molecule has 0 saturated heterocycles. The van der Waals surface area contributed by atoms with Crippen LogP contribution in [0.2, 0.25) is 0 Å². The Morgan fingerprint density at radius 1 is 0.481 bits per heavy atom. The van der Waals surface area contributed by atoms with E-state index in [0.29, 0.717) is 0 Å². The van der Waals surface area contributed by atoms with Crippen LogP contribution < -0.4 is 5.32 Å². The van der Waals surface area contributed by atoms with Crippen LogP contribution in [0, 0.1) is 0 Å². The quantitative estimate of drug-likeness (QED) is 0.203. The Hall–Kier alpha value is -6.98. The number of hydrogen-bond donors (Lipinski definition) is 1. The average molecular weight is 667 g/mol. The van der Waals surface area contributed by atoms with Crippen LogP contribution in [0.3, 0.4) is 0 Å². The number of nitrogens with zero attached hydrogens (tertiary/aromatic N) is 3. The minimum Gasteiger partial charge on any atom is -0.454 e. The largest absolute Gasteiger partial charge is 0.454 e. The zero-order valence-corrected chi connectivity index (χ0v) is 28.0. The summed E-state index contributed by atoms with van der Waals surface area (Å²) in [4.78, 5) is 10.7. The second-order valence-corrected chi connectivity index (χ2v) is 13.4. The van der Waals surface area contributed by atoms with Gasteiger partial charge in [-0.15, -0.1) is 0 Å². The highest BCUT2D eigenvalue weighted by atomic mass is 16.3. The number of aromatic nitrogens is 1. The lowest BCUT2D eigenvalue weighted by atomic mass is 10.0. The van der Waals surface area contributed by atoms with Gasteiger partial charge in [-0.3, -0.25) is 0 Å². The topological polar surface area (TPSA) is 54.8 Å². The molecule has 1 aliphatic heterocycles. The Morgan fingerprint density at radius 3 is 1.65 bits per heavy atom. The predicted molar refractivity (Wildman–Crippen MR) is 215 cm³/mol.